The number of alkyl halides is 3. The van der Waals surface area contributed by atoms with E-state index in [0.29, 0.717) is 23.2 Å². The summed E-state index contributed by atoms with van der Waals surface area (Å²) in [7, 11) is 1.78. The van der Waals surface area contributed by atoms with Crippen LogP contribution in [0.3, 0.4) is 0 Å². The van der Waals surface area contributed by atoms with Crippen LogP contribution >= 0.6 is 0 Å². The molecule has 0 radical (unpaired) electrons. The third kappa shape index (κ3) is 4.89. The molecular formula is C21H23F3N2O. The molecule has 0 atom stereocenters. The lowest BCUT2D eigenvalue weighted by Gasteiger charge is -2.21. The van der Waals surface area contributed by atoms with Crippen LogP contribution in [0.5, 0.6) is 0 Å². The zero-order valence-electron chi connectivity index (χ0n) is 15.3. The second kappa shape index (κ2) is 8.13. The van der Waals surface area contributed by atoms with Crippen LogP contribution in [-0.2, 0) is 6.18 Å². The van der Waals surface area contributed by atoms with Gasteiger partial charge < -0.3 is 9.80 Å². The third-order valence-electron chi connectivity index (χ3n) is 4.95. The van der Waals surface area contributed by atoms with Crippen molar-refractivity contribution < 1.29 is 18.0 Å². The minimum Gasteiger partial charge on any atom is -0.340 e. The first-order chi connectivity index (χ1) is 12.8. The highest BCUT2D eigenvalue weighted by atomic mass is 19.4. The van der Waals surface area contributed by atoms with Gasteiger partial charge in [-0.25, -0.2) is 0 Å². The second-order valence-corrected chi connectivity index (χ2v) is 6.93. The molecule has 1 heterocycles. The lowest BCUT2D eigenvalue weighted by molar-refractivity contribution is -0.137. The number of halogens is 3. The largest absolute Gasteiger partial charge is 0.416 e. The maximum absolute atomic E-state index is 12.9. The van der Waals surface area contributed by atoms with Crippen molar-refractivity contribution in [3.8, 4) is 11.1 Å². The summed E-state index contributed by atoms with van der Waals surface area (Å²) in [6, 6.07) is 11.9. The Labute approximate surface area is 157 Å². The van der Waals surface area contributed by atoms with E-state index in [1.807, 2.05) is 0 Å². The van der Waals surface area contributed by atoms with Gasteiger partial charge in [0.05, 0.1) is 5.56 Å². The first-order valence-electron chi connectivity index (χ1n) is 9.10. The van der Waals surface area contributed by atoms with Crippen LogP contribution in [0.1, 0.15) is 28.8 Å². The summed E-state index contributed by atoms with van der Waals surface area (Å²) in [4.78, 5) is 16.6. The van der Waals surface area contributed by atoms with Gasteiger partial charge in [0.15, 0.2) is 0 Å². The molecule has 0 N–H and O–H groups in total. The van der Waals surface area contributed by atoms with Crippen molar-refractivity contribution in [2.45, 2.75) is 19.0 Å². The van der Waals surface area contributed by atoms with Crippen LogP contribution in [0.15, 0.2) is 48.5 Å². The topological polar surface area (TPSA) is 23.6 Å². The molecule has 2 aromatic carbocycles. The fraction of sp³-hybridized carbons (Fsp3) is 0.381. The highest BCUT2D eigenvalue weighted by molar-refractivity contribution is 5.94. The van der Waals surface area contributed by atoms with Crippen molar-refractivity contribution in [3.63, 3.8) is 0 Å². The molecule has 0 aliphatic carbocycles. The van der Waals surface area contributed by atoms with Gasteiger partial charge in [-0.3, -0.25) is 4.79 Å². The number of nitrogens with zero attached hydrogens (tertiary/aromatic N) is 2. The van der Waals surface area contributed by atoms with Crippen molar-refractivity contribution >= 4 is 5.91 Å². The summed E-state index contributed by atoms with van der Waals surface area (Å²) < 4.78 is 38.6. The van der Waals surface area contributed by atoms with Gasteiger partial charge in [-0.05, 0) is 61.3 Å². The van der Waals surface area contributed by atoms with E-state index in [-0.39, 0.29) is 5.91 Å². The van der Waals surface area contributed by atoms with Crippen LogP contribution in [0, 0.1) is 0 Å². The van der Waals surface area contributed by atoms with Crippen LogP contribution in [-0.4, -0.2) is 48.9 Å². The molecule has 3 rings (SSSR count). The molecule has 3 nitrogen and oxygen atoms in total. The summed E-state index contributed by atoms with van der Waals surface area (Å²) in [5, 5.41) is 0. The first kappa shape index (κ1) is 19.4. The maximum atomic E-state index is 12.9. The predicted octanol–water partition coefficient (Wildman–Crippen LogP) is 4.54. The Balaban J connectivity index is 1.66. The molecule has 1 aliphatic heterocycles. The van der Waals surface area contributed by atoms with Gasteiger partial charge in [0.25, 0.3) is 5.91 Å². The Morgan fingerprint density at radius 3 is 2.33 bits per heavy atom. The fourth-order valence-electron chi connectivity index (χ4n) is 3.30. The van der Waals surface area contributed by atoms with Crippen molar-refractivity contribution in [1.82, 2.24) is 9.80 Å². The monoisotopic (exact) mass is 376 g/mol. The van der Waals surface area contributed by atoms with Crippen LogP contribution in [0.25, 0.3) is 11.1 Å². The molecule has 0 saturated carbocycles. The maximum Gasteiger partial charge on any atom is 0.416 e. The SMILES string of the molecule is CN(CCN1CCCC1)C(=O)c1ccc(-c2cccc(C(F)(F)F)c2)cc1. The van der Waals surface area contributed by atoms with E-state index < -0.39 is 11.7 Å². The number of hydrogen-bond acceptors (Lipinski definition) is 2. The quantitative estimate of drug-likeness (QED) is 0.765. The Morgan fingerprint density at radius 2 is 1.70 bits per heavy atom. The average molecular weight is 376 g/mol. The summed E-state index contributed by atoms with van der Waals surface area (Å²) >= 11 is 0. The Hall–Kier alpha value is -2.34. The predicted molar refractivity (Wildman–Crippen MR) is 99.5 cm³/mol. The van der Waals surface area contributed by atoms with Crippen molar-refractivity contribution in [3.05, 3.63) is 59.7 Å². The number of carbonyl (C=O) groups is 1. The van der Waals surface area contributed by atoms with E-state index >= 15 is 0 Å². The van der Waals surface area contributed by atoms with Crippen molar-refractivity contribution in [1.29, 1.82) is 0 Å². The minimum atomic E-state index is -4.37. The molecule has 2 aromatic rings. The van der Waals surface area contributed by atoms with E-state index in [1.54, 1.807) is 42.3 Å². The van der Waals surface area contributed by atoms with Crippen molar-refractivity contribution in [2.24, 2.45) is 0 Å². The number of benzene rings is 2. The molecule has 0 bridgehead atoms. The van der Waals surface area contributed by atoms with E-state index in [2.05, 4.69) is 4.90 Å². The Bertz CT molecular complexity index is 781. The standard InChI is InChI=1S/C21H23F3N2O/c1-25(13-14-26-11-2-3-12-26)20(27)17-9-7-16(8-10-17)18-5-4-6-19(15-18)21(22,23)24/h4-10,15H,2-3,11-14H2,1H3. The van der Waals surface area contributed by atoms with Crippen molar-refractivity contribution in [2.75, 3.05) is 33.2 Å². The van der Waals surface area contributed by atoms with E-state index in [4.69, 9.17) is 0 Å². The lowest BCUT2D eigenvalue weighted by atomic mass is 10.0. The molecular weight excluding hydrogens is 353 g/mol. The van der Waals surface area contributed by atoms with Crippen LogP contribution < -0.4 is 0 Å². The summed E-state index contributed by atoms with van der Waals surface area (Å²) in [5.74, 6) is -0.0789. The smallest absolute Gasteiger partial charge is 0.340 e. The molecule has 27 heavy (non-hydrogen) atoms. The zero-order chi connectivity index (χ0) is 19.4. The van der Waals surface area contributed by atoms with E-state index in [0.717, 1.165) is 31.8 Å². The van der Waals surface area contributed by atoms with E-state index in [1.165, 1.54) is 18.9 Å². The normalized spacial score (nSPS) is 15.1. The first-order valence-corrected chi connectivity index (χ1v) is 9.10. The van der Waals surface area contributed by atoms with Gasteiger partial charge in [-0.2, -0.15) is 13.2 Å². The average Bonchev–Trinajstić information content (AvgIpc) is 3.19. The summed E-state index contributed by atoms with van der Waals surface area (Å²) in [6.07, 6.45) is -1.94. The van der Waals surface area contributed by atoms with Gasteiger partial charge in [0.2, 0.25) is 0 Å². The number of amides is 1. The Morgan fingerprint density at radius 1 is 1.04 bits per heavy atom. The molecule has 1 amide bonds. The van der Waals surface area contributed by atoms with Gasteiger partial charge in [-0.15, -0.1) is 0 Å². The number of hydrogen-bond donors (Lipinski definition) is 0. The number of likely N-dealkylation sites (N-methyl/N-ethyl adjacent to an activating group) is 1. The molecule has 1 aliphatic rings. The van der Waals surface area contributed by atoms with Gasteiger partial charge in [-0.1, -0.05) is 24.3 Å². The summed E-state index contributed by atoms with van der Waals surface area (Å²) in [6.45, 7) is 3.71. The third-order valence-corrected chi connectivity index (χ3v) is 4.95. The Kier molecular flexibility index (Phi) is 5.85. The molecule has 1 fully saturated rings. The number of carbonyl (C=O) groups excluding carboxylic acids is 1. The number of likely N-dealkylation sites (tertiary alicyclic amines) is 1. The zero-order valence-corrected chi connectivity index (χ0v) is 15.3. The van der Waals surface area contributed by atoms with Gasteiger partial charge >= 0.3 is 6.18 Å². The second-order valence-electron chi connectivity index (χ2n) is 6.93. The molecule has 1 saturated heterocycles. The minimum absolute atomic E-state index is 0.0789. The molecule has 0 spiro atoms. The fourth-order valence-corrected chi connectivity index (χ4v) is 3.30. The lowest BCUT2D eigenvalue weighted by Crippen LogP contribution is -2.35. The highest BCUT2D eigenvalue weighted by Gasteiger charge is 2.30. The highest BCUT2D eigenvalue weighted by Crippen LogP contribution is 2.32. The number of rotatable bonds is 5. The molecule has 144 valence electrons. The molecule has 6 heteroatoms. The summed E-state index contributed by atoms with van der Waals surface area (Å²) in [5.41, 5.74) is 0.986. The van der Waals surface area contributed by atoms with Gasteiger partial charge in [0.1, 0.15) is 0 Å². The van der Waals surface area contributed by atoms with Gasteiger partial charge in [0, 0.05) is 25.7 Å². The van der Waals surface area contributed by atoms with Crippen LogP contribution in [0.4, 0.5) is 13.2 Å². The van der Waals surface area contributed by atoms with E-state index in [9.17, 15) is 18.0 Å². The van der Waals surface area contributed by atoms with Crippen LogP contribution in [0.2, 0.25) is 0 Å². The molecule has 0 aromatic heterocycles. The molecule has 0 unspecified atom stereocenters.